The number of hydrogen-bond acceptors (Lipinski definition) is 1. The van der Waals surface area contributed by atoms with Gasteiger partial charge in [-0.05, 0) is 41.5 Å². The van der Waals surface area contributed by atoms with Crippen LogP contribution in [0.5, 0.6) is 0 Å². The van der Waals surface area contributed by atoms with Gasteiger partial charge in [-0.15, -0.1) is 0 Å². The number of fused-ring (bicyclic) bond motifs is 1. The number of nitrogens with one attached hydrogen (secondary N) is 1. The van der Waals surface area contributed by atoms with Crippen LogP contribution in [0.25, 0.3) is 10.8 Å². The van der Waals surface area contributed by atoms with Crippen molar-refractivity contribution in [3.05, 3.63) is 83.4 Å². The van der Waals surface area contributed by atoms with E-state index in [-0.39, 0.29) is 11.6 Å². The Labute approximate surface area is 155 Å². The van der Waals surface area contributed by atoms with Gasteiger partial charge in [-0.25, -0.2) is 0 Å². The molecule has 0 unspecified atom stereocenters. The van der Waals surface area contributed by atoms with Crippen LogP contribution in [0.15, 0.2) is 66.7 Å². The van der Waals surface area contributed by atoms with E-state index in [1.807, 2.05) is 49.4 Å². The molecule has 2 nitrogen and oxygen atoms in total. The van der Waals surface area contributed by atoms with Crippen molar-refractivity contribution in [3.8, 4) is 11.8 Å². The van der Waals surface area contributed by atoms with E-state index in [9.17, 15) is 18.0 Å². The maximum absolute atomic E-state index is 12.7. The predicted molar refractivity (Wildman–Crippen MR) is 98.8 cm³/mol. The SMILES string of the molecule is C[C@@H](NC(=O)C#Cc1cccc(C(F)(F)F)c1)c1cccc2ccccc12. The molecular formula is C22H16F3NO. The lowest BCUT2D eigenvalue weighted by Crippen LogP contribution is -2.25. The Kier molecular flexibility index (Phi) is 5.18. The number of benzene rings is 3. The lowest BCUT2D eigenvalue weighted by Gasteiger charge is -2.15. The first-order chi connectivity index (χ1) is 12.8. The van der Waals surface area contributed by atoms with Crippen molar-refractivity contribution in [1.29, 1.82) is 0 Å². The quantitative estimate of drug-likeness (QED) is 0.628. The van der Waals surface area contributed by atoms with E-state index in [1.165, 1.54) is 12.1 Å². The Morgan fingerprint density at radius 1 is 1.00 bits per heavy atom. The molecule has 0 bridgehead atoms. The van der Waals surface area contributed by atoms with Crippen LogP contribution in [0.3, 0.4) is 0 Å². The van der Waals surface area contributed by atoms with Crippen LogP contribution in [0.1, 0.15) is 29.7 Å². The van der Waals surface area contributed by atoms with Crippen molar-refractivity contribution in [2.75, 3.05) is 0 Å². The molecule has 0 aliphatic heterocycles. The fraction of sp³-hybridized carbons (Fsp3) is 0.136. The van der Waals surface area contributed by atoms with Gasteiger partial charge in [0, 0.05) is 11.5 Å². The van der Waals surface area contributed by atoms with E-state index >= 15 is 0 Å². The third kappa shape index (κ3) is 4.48. The second kappa shape index (κ2) is 7.55. The molecule has 3 rings (SSSR count). The zero-order valence-corrected chi connectivity index (χ0v) is 14.5. The highest BCUT2D eigenvalue weighted by Crippen LogP contribution is 2.29. The molecule has 5 heteroatoms. The van der Waals surface area contributed by atoms with Crippen LogP contribution >= 0.6 is 0 Å². The predicted octanol–water partition coefficient (Wildman–Crippen LogP) is 5.09. The van der Waals surface area contributed by atoms with Crippen molar-refractivity contribution in [2.24, 2.45) is 0 Å². The lowest BCUT2D eigenvalue weighted by molar-refractivity contribution is -0.137. The molecular weight excluding hydrogens is 351 g/mol. The Balaban J connectivity index is 1.76. The second-order valence-electron chi connectivity index (χ2n) is 6.09. The molecule has 1 atom stereocenters. The Morgan fingerprint density at radius 3 is 2.48 bits per heavy atom. The lowest BCUT2D eigenvalue weighted by atomic mass is 10.00. The summed E-state index contributed by atoms with van der Waals surface area (Å²) in [7, 11) is 0. The summed E-state index contributed by atoms with van der Waals surface area (Å²) in [6.45, 7) is 1.84. The summed E-state index contributed by atoms with van der Waals surface area (Å²) in [4.78, 5) is 12.1. The number of amides is 1. The molecule has 3 aromatic carbocycles. The van der Waals surface area contributed by atoms with Gasteiger partial charge in [0.2, 0.25) is 0 Å². The summed E-state index contributed by atoms with van der Waals surface area (Å²) < 4.78 is 38.2. The van der Waals surface area contributed by atoms with Gasteiger partial charge in [0.25, 0.3) is 5.91 Å². The van der Waals surface area contributed by atoms with Gasteiger partial charge in [-0.1, -0.05) is 54.5 Å². The Morgan fingerprint density at radius 2 is 1.70 bits per heavy atom. The summed E-state index contributed by atoms with van der Waals surface area (Å²) in [5, 5.41) is 4.86. The van der Waals surface area contributed by atoms with E-state index in [1.54, 1.807) is 0 Å². The molecule has 1 N–H and O–H groups in total. The van der Waals surface area contributed by atoms with Gasteiger partial charge in [0.05, 0.1) is 11.6 Å². The van der Waals surface area contributed by atoms with Crippen LogP contribution in [0, 0.1) is 11.8 Å². The first-order valence-corrected chi connectivity index (χ1v) is 8.32. The molecule has 0 fully saturated rings. The molecule has 136 valence electrons. The molecule has 0 saturated carbocycles. The summed E-state index contributed by atoms with van der Waals surface area (Å²) in [6, 6.07) is 17.9. The molecule has 0 aromatic heterocycles. The zero-order chi connectivity index (χ0) is 19.4. The number of carbonyl (C=O) groups excluding carboxylic acids is 1. The fourth-order valence-corrected chi connectivity index (χ4v) is 2.84. The smallest absolute Gasteiger partial charge is 0.339 e. The minimum Gasteiger partial charge on any atom is -0.339 e. The third-order valence-electron chi connectivity index (χ3n) is 4.15. The van der Waals surface area contributed by atoms with Crippen molar-refractivity contribution >= 4 is 16.7 Å². The Bertz CT molecular complexity index is 1040. The molecule has 0 heterocycles. The first-order valence-electron chi connectivity index (χ1n) is 8.32. The normalized spacial score (nSPS) is 12.1. The van der Waals surface area contributed by atoms with Gasteiger partial charge in [0.15, 0.2) is 0 Å². The van der Waals surface area contributed by atoms with Crippen molar-refractivity contribution in [1.82, 2.24) is 5.32 Å². The zero-order valence-electron chi connectivity index (χ0n) is 14.5. The van der Waals surface area contributed by atoms with E-state index in [4.69, 9.17) is 0 Å². The summed E-state index contributed by atoms with van der Waals surface area (Å²) >= 11 is 0. The average Bonchev–Trinajstić information content (AvgIpc) is 2.65. The highest BCUT2D eigenvalue weighted by molar-refractivity contribution is 5.95. The topological polar surface area (TPSA) is 29.1 Å². The minimum absolute atomic E-state index is 0.137. The maximum atomic E-state index is 12.7. The maximum Gasteiger partial charge on any atom is 0.416 e. The van der Waals surface area contributed by atoms with Crippen LogP contribution in [-0.2, 0) is 11.0 Å². The van der Waals surface area contributed by atoms with E-state index in [0.29, 0.717) is 0 Å². The number of rotatable bonds is 2. The molecule has 3 aromatic rings. The average molecular weight is 367 g/mol. The van der Waals surface area contributed by atoms with Gasteiger partial charge >= 0.3 is 6.18 Å². The standard InChI is InChI=1S/C22H16F3NO/c1-15(19-11-5-8-17-7-2-3-10-20(17)19)26-21(27)13-12-16-6-4-9-18(14-16)22(23,24)25/h2-11,14-15H,1H3,(H,26,27)/t15-/m1/s1. The van der Waals surface area contributed by atoms with Crippen molar-refractivity contribution in [2.45, 2.75) is 19.1 Å². The number of carbonyl (C=O) groups is 1. The first kappa shape index (κ1) is 18.5. The molecule has 27 heavy (non-hydrogen) atoms. The number of halogens is 3. The molecule has 1 amide bonds. The fourth-order valence-electron chi connectivity index (χ4n) is 2.84. The molecule has 0 saturated heterocycles. The number of hydrogen-bond donors (Lipinski definition) is 1. The summed E-state index contributed by atoms with van der Waals surface area (Å²) in [5.41, 5.74) is 0.291. The highest BCUT2D eigenvalue weighted by Gasteiger charge is 2.30. The summed E-state index contributed by atoms with van der Waals surface area (Å²) in [5.74, 6) is 4.30. The molecule has 0 aliphatic carbocycles. The van der Waals surface area contributed by atoms with Gasteiger partial charge in [0.1, 0.15) is 0 Å². The van der Waals surface area contributed by atoms with Gasteiger partial charge < -0.3 is 5.32 Å². The van der Waals surface area contributed by atoms with Crippen LogP contribution in [-0.4, -0.2) is 5.91 Å². The molecule has 0 aliphatic rings. The van der Waals surface area contributed by atoms with E-state index in [2.05, 4.69) is 17.2 Å². The van der Waals surface area contributed by atoms with E-state index < -0.39 is 17.6 Å². The van der Waals surface area contributed by atoms with Crippen molar-refractivity contribution in [3.63, 3.8) is 0 Å². The monoisotopic (exact) mass is 367 g/mol. The van der Waals surface area contributed by atoms with Crippen LogP contribution in [0.4, 0.5) is 13.2 Å². The highest BCUT2D eigenvalue weighted by atomic mass is 19.4. The molecule has 0 radical (unpaired) electrons. The van der Waals surface area contributed by atoms with Gasteiger partial charge in [-0.3, -0.25) is 4.79 Å². The van der Waals surface area contributed by atoms with E-state index in [0.717, 1.165) is 28.5 Å². The Hall–Kier alpha value is -3.26. The third-order valence-corrected chi connectivity index (χ3v) is 4.15. The van der Waals surface area contributed by atoms with Crippen LogP contribution < -0.4 is 5.32 Å². The van der Waals surface area contributed by atoms with Crippen LogP contribution in [0.2, 0.25) is 0 Å². The largest absolute Gasteiger partial charge is 0.416 e. The molecule has 0 spiro atoms. The summed E-state index contributed by atoms with van der Waals surface area (Å²) in [6.07, 6.45) is -4.44. The van der Waals surface area contributed by atoms with Crippen molar-refractivity contribution < 1.29 is 18.0 Å². The number of alkyl halides is 3. The second-order valence-corrected chi connectivity index (χ2v) is 6.09. The van der Waals surface area contributed by atoms with Gasteiger partial charge in [-0.2, -0.15) is 13.2 Å². The minimum atomic E-state index is -4.44.